The van der Waals surface area contributed by atoms with E-state index in [1.165, 1.54) is 0 Å². The van der Waals surface area contributed by atoms with E-state index in [1.807, 2.05) is 32.9 Å². The fraction of sp³-hybridized carbons (Fsp3) is 0.500. The van der Waals surface area contributed by atoms with Crippen LogP contribution in [0.4, 0.5) is 0 Å². The van der Waals surface area contributed by atoms with Crippen LogP contribution < -0.4 is 16.1 Å². The van der Waals surface area contributed by atoms with Crippen molar-refractivity contribution in [3.63, 3.8) is 0 Å². The fourth-order valence-corrected chi connectivity index (χ4v) is 2.34. The Labute approximate surface area is 106 Å². The third-order valence-corrected chi connectivity index (χ3v) is 3.18. The van der Waals surface area contributed by atoms with Gasteiger partial charge in [0.05, 0.1) is 19.8 Å². The predicted octanol–water partition coefficient (Wildman–Crippen LogP) is 0.130. The summed E-state index contributed by atoms with van der Waals surface area (Å²) in [5, 5.41) is 2.02. The molecule has 0 unspecified atom stereocenters. The highest BCUT2D eigenvalue weighted by atomic mass is 16.7. The Kier molecular flexibility index (Phi) is 3.99. The summed E-state index contributed by atoms with van der Waals surface area (Å²) in [4.78, 5) is 12.1. The zero-order valence-electron chi connectivity index (χ0n) is 11.1. The molecule has 0 aliphatic carbocycles. The van der Waals surface area contributed by atoms with E-state index in [2.05, 4.69) is 0 Å². The van der Waals surface area contributed by atoms with Crippen molar-refractivity contribution in [2.75, 3.05) is 13.2 Å². The van der Waals surface area contributed by atoms with Crippen molar-refractivity contribution in [1.29, 1.82) is 0 Å². The van der Waals surface area contributed by atoms with E-state index in [1.54, 1.807) is 10.6 Å². The van der Waals surface area contributed by atoms with Crippen LogP contribution in [-0.2, 0) is 16.0 Å². The largest absolute Gasteiger partial charge is 0.348 e. The summed E-state index contributed by atoms with van der Waals surface area (Å²) in [6.07, 6.45) is 3.67. The minimum Gasteiger partial charge on any atom is -0.348 e. The van der Waals surface area contributed by atoms with Crippen molar-refractivity contribution >= 4 is 12.2 Å². The van der Waals surface area contributed by atoms with Crippen LogP contribution in [0.5, 0.6) is 0 Å². The molecule has 1 aliphatic rings. The van der Waals surface area contributed by atoms with Gasteiger partial charge in [-0.15, -0.1) is 0 Å². The summed E-state index contributed by atoms with van der Waals surface area (Å²) in [6.45, 7) is 7.52. The van der Waals surface area contributed by atoms with Crippen molar-refractivity contribution in [3.05, 3.63) is 32.6 Å². The first-order valence-corrected chi connectivity index (χ1v) is 6.23. The van der Waals surface area contributed by atoms with Crippen LogP contribution in [0.3, 0.4) is 0 Å². The van der Waals surface area contributed by atoms with Gasteiger partial charge in [-0.2, -0.15) is 0 Å². The Morgan fingerprint density at radius 2 is 2.00 bits per heavy atom. The minimum atomic E-state index is -0.311. The van der Waals surface area contributed by atoms with Gasteiger partial charge in [0.25, 0.3) is 5.56 Å². The Balaban J connectivity index is 2.56. The molecule has 0 amide bonds. The Bertz CT molecular complexity index is 595. The summed E-state index contributed by atoms with van der Waals surface area (Å²) in [5.41, 5.74) is 0.991. The Hall–Kier alpha value is -1.39. The maximum atomic E-state index is 12.1. The molecule has 0 aromatic carbocycles. The monoisotopic (exact) mass is 249 g/mol. The van der Waals surface area contributed by atoms with Crippen LogP contribution in [0.15, 0.2) is 10.9 Å². The van der Waals surface area contributed by atoms with Crippen molar-refractivity contribution < 1.29 is 9.47 Å². The van der Waals surface area contributed by atoms with Crippen LogP contribution >= 0.6 is 0 Å². The van der Waals surface area contributed by atoms with Gasteiger partial charge in [0, 0.05) is 11.4 Å². The molecule has 2 rings (SSSR count). The SMILES string of the molecule is C/C=c1/c(C)cc(=O)n(CC2OCCO2)/c1=C/C. The van der Waals surface area contributed by atoms with Crippen LogP contribution in [0.25, 0.3) is 12.2 Å². The number of hydrogen-bond donors (Lipinski definition) is 0. The van der Waals surface area contributed by atoms with Crippen LogP contribution in [0.1, 0.15) is 19.4 Å². The second-order valence-electron chi connectivity index (χ2n) is 4.32. The van der Waals surface area contributed by atoms with Gasteiger partial charge in [-0.25, -0.2) is 0 Å². The predicted molar refractivity (Wildman–Crippen MR) is 70.7 cm³/mol. The number of ether oxygens (including phenoxy) is 2. The highest BCUT2D eigenvalue weighted by Crippen LogP contribution is 2.03. The first kappa shape index (κ1) is 13.1. The zero-order chi connectivity index (χ0) is 13.1. The second-order valence-corrected chi connectivity index (χ2v) is 4.32. The van der Waals surface area contributed by atoms with E-state index in [0.29, 0.717) is 19.8 Å². The molecular weight excluding hydrogens is 230 g/mol. The summed E-state index contributed by atoms with van der Waals surface area (Å²) >= 11 is 0. The van der Waals surface area contributed by atoms with Gasteiger partial charge in [-0.3, -0.25) is 4.79 Å². The second kappa shape index (κ2) is 5.50. The smallest absolute Gasteiger partial charge is 0.251 e. The Morgan fingerprint density at radius 3 is 2.56 bits per heavy atom. The topological polar surface area (TPSA) is 40.5 Å². The molecule has 1 aromatic rings. The number of hydrogen-bond acceptors (Lipinski definition) is 3. The lowest BCUT2D eigenvalue weighted by Gasteiger charge is -2.13. The van der Waals surface area contributed by atoms with Gasteiger partial charge < -0.3 is 14.0 Å². The maximum Gasteiger partial charge on any atom is 0.251 e. The third kappa shape index (κ3) is 2.40. The number of aromatic nitrogens is 1. The number of nitrogens with zero attached hydrogens (tertiary/aromatic N) is 1. The number of rotatable bonds is 2. The first-order chi connectivity index (χ1) is 8.67. The molecule has 18 heavy (non-hydrogen) atoms. The van der Waals surface area contributed by atoms with E-state index in [0.717, 1.165) is 16.1 Å². The van der Waals surface area contributed by atoms with Crippen molar-refractivity contribution in [3.8, 4) is 0 Å². The molecule has 0 spiro atoms. The van der Waals surface area contributed by atoms with Crippen molar-refractivity contribution in [2.24, 2.45) is 0 Å². The normalized spacial score (nSPS) is 18.8. The van der Waals surface area contributed by atoms with Gasteiger partial charge in [-0.05, 0) is 31.6 Å². The highest BCUT2D eigenvalue weighted by molar-refractivity contribution is 5.30. The molecule has 1 aromatic heterocycles. The lowest BCUT2D eigenvalue weighted by atomic mass is 10.2. The average Bonchev–Trinajstić information content (AvgIpc) is 2.84. The van der Waals surface area contributed by atoms with Crippen LogP contribution in [0.2, 0.25) is 0 Å². The minimum absolute atomic E-state index is 0.00898. The van der Waals surface area contributed by atoms with Gasteiger partial charge in [0.2, 0.25) is 0 Å². The average molecular weight is 249 g/mol. The van der Waals surface area contributed by atoms with Crippen molar-refractivity contribution in [1.82, 2.24) is 4.57 Å². The summed E-state index contributed by atoms with van der Waals surface area (Å²) in [6, 6.07) is 1.66. The lowest BCUT2D eigenvalue weighted by molar-refractivity contribution is -0.0535. The molecule has 1 saturated heterocycles. The highest BCUT2D eigenvalue weighted by Gasteiger charge is 2.17. The molecule has 0 radical (unpaired) electrons. The third-order valence-electron chi connectivity index (χ3n) is 3.18. The lowest BCUT2D eigenvalue weighted by Crippen LogP contribution is -2.46. The standard InChI is InChI=1S/C14H19NO3/c1-4-11-10(3)8-13(16)15(12(11)5-2)9-14-17-6-7-18-14/h4-5,8,14H,6-7,9H2,1-3H3/b11-4-,12-5+. The number of pyridine rings is 1. The van der Waals surface area contributed by atoms with E-state index < -0.39 is 0 Å². The molecule has 1 fully saturated rings. The molecule has 98 valence electrons. The first-order valence-electron chi connectivity index (χ1n) is 6.23. The van der Waals surface area contributed by atoms with Gasteiger partial charge in [0.1, 0.15) is 0 Å². The van der Waals surface area contributed by atoms with Crippen molar-refractivity contribution in [2.45, 2.75) is 33.6 Å². The fourth-order valence-electron chi connectivity index (χ4n) is 2.34. The molecule has 0 N–H and O–H groups in total. The molecular formula is C14H19NO3. The molecule has 0 bridgehead atoms. The van der Waals surface area contributed by atoms with Gasteiger partial charge >= 0.3 is 0 Å². The zero-order valence-corrected chi connectivity index (χ0v) is 11.1. The van der Waals surface area contributed by atoms with Crippen LogP contribution in [-0.4, -0.2) is 24.1 Å². The van der Waals surface area contributed by atoms with Crippen LogP contribution in [0, 0.1) is 6.92 Å². The molecule has 1 aliphatic heterocycles. The molecule has 4 heteroatoms. The Morgan fingerprint density at radius 1 is 1.33 bits per heavy atom. The molecule has 2 heterocycles. The maximum absolute atomic E-state index is 12.1. The van der Waals surface area contributed by atoms with E-state index >= 15 is 0 Å². The number of aryl methyl sites for hydroxylation is 1. The van der Waals surface area contributed by atoms with E-state index in [9.17, 15) is 4.79 Å². The summed E-state index contributed by atoms with van der Waals surface area (Å²) in [7, 11) is 0. The summed E-state index contributed by atoms with van der Waals surface area (Å²) in [5.74, 6) is 0. The molecule has 0 atom stereocenters. The molecule has 4 nitrogen and oxygen atoms in total. The van der Waals surface area contributed by atoms with Gasteiger partial charge in [0.15, 0.2) is 6.29 Å². The van der Waals surface area contributed by atoms with Gasteiger partial charge in [-0.1, -0.05) is 12.2 Å². The molecule has 0 saturated carbocycles. The van der Waals surface area contributed by atoms with E-state index in [-0.39, 0.29) is 11.8 Å². The van der Waals surface area contributed by atoms with E-state index in [4.69, 9.17) is 9.47 Å². The quantitative estimate of drug-likeness (QED) is 0.748. The summed E-state index contributed by atoms with van der Waals surface area (Å²) < 4.78 is 12.5.